The quantitative estimate of drug-likeness (QED) is 0.765. The molecule has 2 aliphatic heterocycles. The van der Waals surface area contributed by atoms with Gasteiger partial charge in [0.05, 0.1) is 0 Å². The first-order valence-corrected chi connectivity index (χ1v) is 8.90. The number of rotatable bonds is 4. The lowest BCUT2D eigenvalue weighted by atomic mass is 9.86. The summed E-state index contributed by atoms with van der Waals surface area (Å²) in [5.74, 6) is -0.245. The smallest absolute Gasteiger partial charge is 0.315 e. The van der Waals surface area contributed by atoms with Crippen LogP contribution in [0.2, 0.25) is 0 Å². The molecule has 2 heterocycles. The molecule has 3 rings (SSSR count). The molecule has 0 aromatic heterocycles. The van der Waals surface area contributed by atoms with Crippen LogP contribution in [0.3, 0.4) is 0 Å². The van der Waals surface area contributed by atoms with Crippen LogP contribution in [0.15, 0.2) is 24.3 Å². The molecule has 25 heavy (non-hydrogen) atoms. The van der Waals surface area contributed by atoms with Gasteiger partial charge >= 0.3 is 6.03 Å². The molecule has 0 radical (unpaired) electrons. The first kappa shape index (κ1) is 17.7. The van der Waals surface area contributed by atoms with Crippen molar-refractivity contribution in [2.45, 2.75) is 37.8 Å². The number of likely N-dealkylation sites (N-methyl/N-ethyl adjacent to an activating group) is 1. The van der Waals surface area contributed by atoms with Crippen molar-refractivity contribution in [3.63, 3.8) is 0 Å². The Morgan fingerprint density at radius 1 is 1.36 bits per heavy atom. The van der Waals surface area contributed by atoms with Crippen molar-refractivity contribution in [3.8, 4) is 0 Å². The molecule has 0 spiro atoms. The second kappa shape index (κ2) is 7.82. The van der Waals surface area contributed by atoms with Crippen LogP contribution in [0.5, 0.6) is 0 Å². The molecule has 2 fully saturated rings. The van der Waals surface area contributed by atoms with Crippen molar-refractivity contribution in [2.24, 2.45) is 0 Å². The molecule has 6 nitrogen and oxygen atoms in total. The molecule has 0 saturated carbocycles. The lowest BCUT2D eigenvalue weighted by Crippen LogP contribution is -2.55. The minimum absolute atomic E-state index is 0.0268. The summed E-state index contributed by atoms with van der Waals surface area (Å²) in [5, 5.41) is 9.00. The Morgan fingerprint density at radius 2 is 2.20 bits per heavy atom. The minimum Gasteiger partial charge on any atom is -0.341 e. The van der Waals surface area contributed by atoms with Gasteiger partial charge in [0.2, 0.25) is 5.91 Å². The predicted octanol–water partition coefficient (Wildman–Crippen LogP) is 1.19. The number of halogens is 1. The fraction of sp³-hybridized carbons (Fsp3) is 0.556. The third kappa shape index (κ3) is 4.10. The highest BCUT2D eigenvalue weighted by molar-refractivity contribution is 5.88. The molecular weight excluding hydrogens is 323 g/mol. The van der Waals surface area contributed by atoms with Crippen LogP contribution in [-0.2, 0) is 4.79 Å². The average Bonchev–Trinajstić information content (AvgIpc) is 2.95. The molecule has 0 aliphatic carbocycles. The highest BCUT2D eigenvalue weighted by atomic mass is 19.1. The normalized spacial score (nSPS) is 26.6. The number of benzene rings is 1. The predicted molar refractivity (Wildman–Crippen MR) is 92.7 cm³/mol. The molecule has 2 aliphatic rings. The van der Waals surface area contributed by atoms with Gasteiger partial charge < -0.3 is 20.9 Å². The Bertz CT molecular complexity index is 639. The molecule has 3 N–H and O–H groups in total. The van der Waals surface area contributed by atoms with E-state index in [4.69, 9.17) is 0 Å². The topological polar surface area (TPSA) is 73.5 Å². The number of piperidine rings is 1. The molecule has 1 unspecified atom stereocenters. The largest absolute Gasteiger partial charge is 0.341 e. The van der Waals surface area contributed by atoms with Gasteiger partial charge in [-0.05, 0) is 44.0 Å². The van der Waals surface area contributed by atoms with Crippen LogP contribution < -0.4 is 16.0 Å². The number of nitrogens with zero attached hydrogens (tertiary/aromatic N) is 1. The van der Waals surface area contributed by atoms with Gasteiger partial charge in [0.15, 0.2) is 0 Å². The third-order valence-electron chi connectivity index (χ3n) is 5.06. The summed E-state index contributed by atoms with van der Waals surface area (Å²) in [4.78, 5) is 26.2. The zero-order valence-electron chi connectivity index (χ0n) is 14.4. The molecule has 3 amide bonds. The van der Waals surface area contributed by atoms with E-state index in [-0.39, 0.29) is 29.7 Å². The molecule has 0 bridgehead atoms. The van der Waals surface area contributed by atoms with Gasteiger partial charge in [0.25, 0.3) is 0 Å². The minimum atomic E-state index is -0.455. The fourth-order valence-corrected chi connectivity index (χ4v) is 3.70. The van der Waals surface area contributed by atoms with E-state index < -0.39 is 6.04 Å². The van der Waals surface area contributed by atoms with Crippen molar-refractivity contribution < 1.29 is 14.0 Å². The number of carbonyl (C=O) groups is 2. The van der Waals surface area contributed by atoms with Crippen LogP contribution in [-0.4, -0.2) is 55.1 Å². The molecule has 2 saturated heterocycles. The number of carbonyl (C=O) groups excluding carboxylic acids is 2. The second-order valence-electron chi connectivity index (χ2n) is 6.64. The van der Waals surface area contributed by atoms with Gasteiger partial charge in [-0.25, -0.2) is 9.18 Å². The van der Waals surface area contributed by atoms with Crippen molar-refractivity contribution >= 4 is 11.9 Å². The highest BCUT2D eigenvalue weighted by Gasteiger charge is 2.33. The van der Waals surface area contributed by atoms with E-state index in [2.05, 4.69) is 16.0 Å². The van der Waals surface area contributed by atoms with Gasteiger partial charge in [-0.1, -0.05) is 12.1 Å². The Hall–Kier alpha value is -2.15. The lowest BCUT2D eigenvalue weighted by Gasteiger charge is -2.33. The zero-order valence-corrected chi connectivity index (χ0v) is 14.4. The van der Waals surface area contributed by atoms with Gasteiger partial charge in [-0.15, -0.1) is 0 Å². The number of hydrogen-bond acceptors (Lipinski definition) is 3. The monoisotopic (exact) mass is 348 g/mol. The van der Waals surface area contributed by atoms with E-state index in [0.717, 1.165) is 18.5 Å². The maximum absolute atomic E-state index is 13.5. The zero-order chi connectivity index (χ0) is 17.8. The summed E-state index contributed by atoms with van der Waals surface area (Å²) in [6, 6.07) is 5.60. The molecule has 1 aromatic carbocycles. The van der Waals surface area contributed by atoms with E-state index in [0.29, 0.717) is 26.1 Å². The Morgan fingerprint density at radius 3 is 2.92 bits per heavy atom. The number of nitrogens with one attached hydrogen (secondary N) is 3. The van der Waals surface area contributed by atoms with E-state index in [1.165, 1.54) is 12.1 Å². The number of likely N-dealkylation sites (tertiary alicyclic amines) is 1. The Kier molecular flexibility index (Phi) is 5.53. The Labute approximate surface area is 147 Å². The lowest BCUT2D eigenvalue weighted by molar-refractivity contribution is -0.129. The van der Waals surface area contributed by atoms with Crippen molar-refractivity contribution in [1.82, 2.24) is 20.9 Å². The van der Waals surface area contributed by atoms with Crippen molar-refractivity contribution in [1.29, 1.82) is 0 Å². The van der Waals surface area contributed by atoms with Gasteiger partial charge in [-0.2, -0.15) is 0 Å². The SMILES string of the molecule is CCN1CCC(NC(=O)N[C@@H]2CNCC[C@@H]2c2cccc(F)c2)C1=O. The summed E-state index contributed by atoms with van der Waals surface area (Å²) in [7, 11) is 0. The maximum Gasteiger partial charge on any atom is 0.315 e. The van der Waals surface area contributed by atoms with Gasteiger partial charge in [0.1, 0.15) is 11.9 Å². The summed E-state index contributed by atoms with van der Waals surface area (Å²) < 4.78 is 13.5. The Balaban J connectivity index is 1.62. The first-order valence-electron chi connectivity index (χ1n) is 8.90. The van der Waals surface area contributed by atoms with Crippen LogP contribution >= 0.6 is 0 Å². The molecule has 7 heteroatoms. The molecule has 136 valence electrons. The maximum atomic E-state index is 13.5. The summed E-state index contributed by atoms with van der Waals surface area (Å²) in [6.07, 6.45) is 1.46. The van der Waals surface area contributed by atoms with Gasteiger partial charge in [0, 0.05) is 31.6 Å². The summed E-state index contributed by atoms with van der Waals surface area (Å²) in [6.45, 7) is 4.71. The number of amides is 3. The molecule has 3 atom stereocenters. The number of urea groups is 1. The highest BCUT2D eigenvalue weighted by Crippen LogP contribution is 2.26. The van der Waals surface area contributed by atoms with E-state index in [1.807, 2.05) is 13.0 Å². The van der Waals surface area contributed by atoms with E-state index >= 15 is 0 Å². The first-order chi connectivity index (χ1) is 12.1. The average molecular weight is 348 g/mol. The summed E-state index contributed by atoms with van der Waals surface area (Å²) >= 11 is 0. The second-order valence-corrected chi connectivity index (χ2v) is 6.64. The summed E-state index contributed by atoms with van der Waals surface area (Å²) in [5.41, 5.74) is 0.890. The van der Waals surface area contributed by atoms with Crippen molar-refractivity contribution in [3.05, 3.63) is 35.6 Å². The van der Waals surface area contributed by atoms with E-state index in [1.54, 1.807) is 11.0 Å². The van der Waals surface area contributed by atoms with Crippen LogP contribution in [0.4, 0.5) is 9.18 Å². The van der Waals surface area contributed by atoms with Crippen LogP contribution in [0.1, 0.15) is 31.2 Å². The third-order valence-corrected chi connectivity index (χ3v) is 5.06. The fourth-order valence-electron chi connectivity index (χ4n) is 3.70. The van der Waals surface area contributed by atoms with Crippen molar-refractivity contribution in [2.75, 3.05) is 26.2 Å². The molecular formula is C18H25FN4O2. The van der Waals surface area contributed by atoms with Gasteiger partial charge in [-0.3, -0.25) is 4.79 Å². The number of hydrogen-bond donors (Lipinski definition) is 3. The molecule has 1 aromatic rings. The standard InChI is InChI=1S/C18H25FN4O2/c1-2-23-9-7-15(17(23)24)21-18(25)22-16-11-20-8-6-14(16)12-4-3-5-13(19)10-12/h3-5,10,14-16,20H,2,6-9,11H2,1H3,(H2,21,22,25)/t14-,15?,16-/m1/s1. The van der Waals surface area contributed by atoms with E-state index in [9.17, 15) is 14.0 Å². The van der Waals surface area contributed by atoms with Crippen LogP contribution in [0, 0.1) is 5.82 Å². The van der Waals surface area contributed by atoms with Crippen LogP contribution in [0.25, 0.3) is 0 Å².